The number of rotatable bonds is 4. The summed E-state index contributed by atoms with van der Waals surface area (Å²) in [6.45, 7) is 6.37. The van der Waals surface area contributed by atoms with E-state index in [1.165, 1.54) is 0 Å². The molecule has 0 saturated carbocycles. The van der Waals surface area contributed by atoms with Crippen LogP contribution in [0.15, 0.2) is 34.7 Å². The largest absolute Gasteiger partial charge is 0.490 e. The van der Waals surface area contributed by atoms with Gasteiger partial charge in [0.2, 0.25) is 0 Å². The molecular weight excluding hydrogens is 266 g/mol. The van der Waals surface area contributed by atoms with Crippen LogP contribution in [0.4, 0.5) is 0 Å². The van der Waals surface area contributed by atoms with E-state index < -0.39 is 0 Å². The number of fused-ring (bicyclic) bond motifs is 1. The van der Waals surface area contributed by atoms with Gasteiger partial charge in [-0.2, -0.15) is 0 Å². The molecule has 0 aliphatic carbocycles. The van der Waals surface area contributed by atoms with E-state index in [4.69, 9.17) is 13.9 Å². The zero-order chi connectivity index (χ0) is 14.7. The Balaban J connectivity index is 1.79. The summed E-state index contributed by atoms with van der Waals surface area (Å²) < 4.78 is 17.2. The Morgan fingerprint density at radius 1 is 1.05 bits per heavy atom. The van der Waals surface area contributed by atoms with Crippen LogP contribution in [0.25, 0.3) is 11.3 Å². The maximum atomic E-state index is 5.88. The van der Waals surface area contributed by atoms with Gasteiger partial charge in [-0.3, -0.25) is 0 Å². The topological polar surface area (TPSA) is 43.6 Å². The molecule has 1 aromatic carbocycles. The van der Waals surface area contributed by atoms with Crippen molar-refractivity contribution in [1.29, 1.82) is 0 Å². The summed E-state index contributed by atoms with van der Waals surface area (Å²) in [6, 6.07) is 10.4. The smallest absolute Gasteiger partial charge is 0.161 e. The minimum absolute atomic E-state index is 0.441. The lowest BCUT2D eigenvalue weighted by Gasteiger charge is -2.08. The molecule has 1 N–H and O–H groups in total. The van der Waals surface area contributed by atoms with Crippen molar-refractivity contribution >= 4 is 0 Å². The second kappa shape index (κ2) is 6.22. The summed E-state index contributed by atoms with van der Waals surface area (Å²) in [5.74, 6) is 3.39. The second-order valence-corrected chi connectivity index (χ2v) is 5.51. The minimum Gasteiger partial charge on any atom is -0.490 e. The molecule has 0 bridgehead atoms. The molecule has 0 radical (unpaired) electrons. The molecule has 4 nitrogen and oxygen atoms in total. The standard InChI is InChI=1S/C17H21NO3/c1-12(2)18-11-14-5-7-15(21-14)13-4-6-16-17(10-13)20-9-3-8-19-16/h4-7,10,12,18H,3,8-9,11H2,1-2H3. The van der Waals surface area contributed by atoms with Crippen molar-refractivity contribution in [3.8, 4) is 22.8 Å². The number of nitrogens with one attached hydrogen (secondary N) is 1. The van der Waals surface area contributed by atoms with Gasteiger partial charge in [-0.1, -0.05) is 13.8 Å². The predicted octanol–water partition coefficient (Wildman–Crippen LogP) is 3.61. The Morgan fingerprint density at radius 3 is 2.67 bits per heavy atom. The summed E-state index contributed by atoms with van der Waals surface area (Å²) in [6.07, 6.45) is 0.912. The molecule has 2 heterocycles. The average molecular weight is 287 g/mol. The summed E-state index contributed by atoms with van der Waals surface area (Å²) in [5.41, 5.74) is 1.01. The van der Waals surface area contributed by atoms with E-state index in [1.54, 1.807) is 0 Å². The third-order valence-electron chi connectivity index (χ3n) is 3.38. The van der Waals surface area contributed by atoms with Crippen molar-refractivity contribution in [2.45, 2.75) is 32.9 Å². The summed E-state index contributed by atoms with van der Waals surface area (Å²) in [7, 11) is 0. The average Bonchev–Trinajstić information content (AvgIpc) is 2.82. The van der Waals surface area contributed by atoms with E-state index in [-0.39, 0.29) is 0 Å². The molecule has 1 aliphatic rings. The van der Waals surface area contributed by atoms with Gasteiger partial charge in [0.15, 0.2) is 11.5 Å². The normalized spacial score (nSPS) is 14.2. The molecule has 0 unspecified atom stereocenters. The van der Waals surface area contributed by atoms with Crippen LogP contribution in [0.3, 0.4) is 0 Å². The Kier molecular flexibility index (Phi) is 4.15. The molecule has 4 heteroatoms. The van der Waals surface area contributed by atoms with Crippen molar-refractivity contribution in [2.75, 3.05) is 13.2 Å². The van der Waals surface area contributed by atoms with Gasteiger partial charge in [0.1, 0.15) is 11.5 Å². The Bertz CT molecular complexity index is 604. The fraction of sp³-hybridized carbons (Fsp3) is 0.412. The molecule has 1 aromatic heterocycles. The number of hydrogen-bond acceptors (Lipinski definition) is 4. The SMILES string of the molecule is CC(C)NCc1ccc(-c2ccc3c(c2)OCCCO3)o1. The summed E-state index contributed by atoms with van der Waals surface area (Å²) in [5, 5.41) is 3.35. The minimum atomic E-state index is 0.441. The molecule has 21 heavy (non-hydrogen) atoms. The monoisotopic (exact) mass is 287 g/mol. The first-order valence-corrected chi connectivity index (χ1v) is 7.44. The van der Waals surface area contributed by atoms with Crippen molar-refractivity contribution in [2.24, 2.45) is 0 Å². The quantitative estimate of drug-likeness (QED) is 0.933. The van der Waals surface area contributed by atoms with Crippen LogP contribution < -0.4 is 14.8 Å². The van der Waals surface area contributed by atoms with Crippen LogP contribution in [0.5, 0.6) is 11.5 Å². The molecule has 0 spiro atoms. The zero-order valence-corrected chi connectivity index (χ0v) is 12.5. The first kappa shape index (κ1) is 14.0. The van der Waals surface area contributed by atoms with Crippen molar-refractivity contribution in [3.05, 3.63) is 36.1 Å². The van der Waals surface area contributed by atoms with Crippen LogP contribution in [-0.2, 0) is 6.54 Å². The predicted molar refractivity (Wildman–Crippen MR) is 81.7 cm³/mol. The van der Waals surface area contributed by atoms with Gasteiger partial charge >= 0.3 is 0 Å². The van der Waals surface area contributed by atoms with E-state index in [0.717, 1.165) is 41.5 Å². The van der Waals surface area contributed by atoms with Gasteiger partial charge in [-0.25, -0.2) is 0 Å². The highest BCUT2D eigenvalue weighted by Crippen LogP contribution is 2.34. The van der Waals surface area contributed by atoms with Crippen LogP contribution in [0, 0.1) is 0 Å². The third-order valence-corrected chi connectivity index (χ3v) is 3.38. The zero-order valence-electron chi connectivity index (χ0n) is 12.5. The lowest BCUT2D eigenvalue weighted by atomic mass is 10.1. The summed E-state index contributed by atoms with van der Waals surface area (Å²) >= 11 is 0. The van der Waals surface area contributed by atoms with Crippen LogP contribution in [0.2, 0.25) is 0 Å². The number of benzene rings is 1. The van der Waals surface area contributed by atoms with Crippen LogP contribution in [0.1, 0.15) is 26.0 Å². The van der Waals surface area contributed by atoms with E-state index in [1.807, 2.05) is 30.3 Å². The van der Waals surface area contributed by atoms with Crippen molar-refractivity contribution in [3.63, 3.8) is 0 Å². The number of furan rings is 1. The first-order chi connectivity index (χ1) is 10.2. The lowest BCUT2D eigenvalue weighted by molar-refractivity contribution is 0.297. The summed E-state index contributed by atoms with van der Waals surface area (Å²) in [4.78, 5) is 0. The van der Waals surface area contributed by atoms with E-state index in [9.17, 15) is 0 Å². The van der Waals surface area contributed by atoms with E-state index >= 15 is 0 Å². The maximum Gasteiger partial charge on any atom is 0.161 e. The molecule has 0 saturated heterocycles. The molecular formula is C17H21NO3. The van der Waals surface area contributed by atoms with E-state index in [0.29, 0.717) is 19.3 Å². The highest BCUT2D eigenvalue weighted by atomic mass is 16.5. The molecule has 0 amide bonds. The molecule has 0 atom stereocenters. The van der Waals surface area contributed by atoms with Crippen molar-refractivity contribution in [1.82, 2.24) is 5.32 Å². The fourth-order valence-corrected chi connectivity index (χ4v) is 2.25. The first-order valence-electron chi connectivity index (χ1n) is 7.44. The van der Waals surface area contributed by atoms with E-state index in [2.05, 4.69) is 19.2 Å². The maximum absolute atomic E-state index is 5.88. The molecule has 112 valence electrons. The van der Waals surface area contributed by atoms with Gasteiger partial charge in [0, 0.05) is 18.0 Å². The molecule has 0 fully saturated rings. The Labute approximate surface area is 125 Å². The van der Waals surface area contributed by atoms with Gasteiger partial charge in [0.05, 0.1) is 19.8 Å². The lowest BCUT2D eigenvalue weighted by Crippen LogP contribution is -2.21. The third kappa shape index (κ3) is 3.39. The molecule has 2 aromatic rings. The van der Waals surface area contributed by atoms with Crippen LogP contribution >= 0.6 is 0 Å². The fourth-order valence-electron chi connectivity index (χ4n) is 2.25. The van der Waals surface area contributed by atoms with Crippen LogP contribution in [-0.4, -0.2) is 19.3 Å². The highest BCUT2D eigenvalue weighted by Gasteiger charge is 2.13. The second-order valence-electron chi connectivity index (χ2n) is 5.51. The molecule has 3 rings (SSSR count). The Hall–Kier alpha value is -1.94. The van der Waals surface area contributed by atoms with Gasteiger partial charge in [-0.15, -0.1) is 0 Å². The van der Waals surface area contributed by atoms with Gasteiger partial charge in [-0.05, 0) is 30.3 Å². The number of ether oxygens (including phenoxy) is 2. The van der Waals surface area contributed by atoms with Gasteiger partial charge < -0.3 is 19.2 Å². The van der Waals surface area contributed by atoms with Gasteiger partial charge in [0.25, 0.3) is 0 Å². The molecule has 1 aliphatic heterocycles. The van der Waals surface area contributed by atoms with Crippen molar-refractivity contribution < 1.29 is 13.9 Å². The number of hydrogen-bond donors (Lipinski definition) is 1. The highest BCUT2D eigenvalue weighted by molar-refractivity contribution is 5.63. The Morgan fingerprint density at radius 2 is 1.86 bits per heavy atom.